The maximum Gasteiger partial charge on any atom is 0.317 e. The predicted molar refractivity (Wildman–Crippen MR) is 102 cm³/mol. The first-order valence-electron chi connectivity index (χ1n) is 10.3. The molecule has 0 aromatic heterocycles. The van der Waals surface area contributed by atoms with Gasteiger partial charge in [0, 0.05) is 6.61 Å². The van der Waals surface area contributed by atoms with Crippen molar-refractivity contribution < 1.29 is 23.7 Å². The summed E-state index contributed by atoms with van der Waals surface area (Å²) >= 11 is 0. The van der Waals surface area contributed by atoms with E-state index in [1.54, 1.807) is 0 Å². The minimum atomic E-state index is -0.746. The lowest BCUT2D eigenvalue weighted by molar-refractivity contribution is -0.233. The lowest BCUT2D eigenvalue weighted by Crippen LogP contribution is -2.52. The Morgan fingerprint density at radius 1 is 1.15 bits per heavy atom. The third-order valence-electron chi connectivity index (χ3n) is 5.56. The van der Waals surface area contributed by atoms with Crippen LogP contribution in [-0.4, -0.2) is 38.2 Å². The number of carbonyl (C=O) groups excluding carboxylic acids is 1. The minimum Gasteiger partial charge on any atom is -0.465 e. The summed E-state index contributed by atoms with van der Waals surface area (Å²) in [5.41, 5.74) is 0.351. The Hall–Kier alpha value is -1.43. The molecule has 1 aromatic rings. The smallest absolute Gasteiger partial charge is 0.317 e. The molecule has 3 rings (SSSR count). The van der Waals surface area contributed by atoms with Gasteiger partial charge in [0.05, 0.1) is 25.9 Å². The van der Waals surface area contributed by atoms with Crippen LogP contribution in [0.3, 0.4) is 0 Å². The van der Waals surface area contributed by atoms with Crippen LogP contribution in [0.1, 0.15) is 57.4 Å². The molecule has 150 valence electrons. The van der Waals surface area contributed by atoms with Gasteiger partial charge < -0.3 is 18.9 Å². The largest absolute Gasteiger partial charge is 0.465 e. The Bertz CT molecular complexity index is 569. The van der Waals surface area contributed by atoms with Crippen molar-refractivity contribution in [2.24, 2.45) is 5.41 Å². The first-order chi connectivity index (χ1) is 13.2. The predicted octanol–water partition coefficient (Wildman–Crippen LogP) is 4.24. The van der Waals surface area contributed by atoms with Crippen LogP contribution >= 0.6 is 0 Å². The van der Waals surface area contributed by atoms with Gasteiger partial charge in [-0.2, -0.15) is 0 Å². The summed E-state index contributed by atoms with van der Waals surface area (Å²) in [6, 6.07) is 10.0. The highest BCUT2D eigenvalue weighted by molar-refractivity contribution is 5.78. The maximum atomic E-state index is 13.0. The molecule has 1 aromatic carbocycles. The van der Waals surface area contributed by atoms with E-state index in [-0.39, 0.29) is 18.4 Å². The molecule has 27 heavy (non-hydrogen) atoms. The van der Waals surface area contributed by atoms with Gasteiger partial charge in [-0.15, -0.1) is 0 Å². The molecule has 1 aliphatic heterocycles. The standard InChI is InChI=1S/C22H32O5/c1-2-25-21(23)22(17-24-16-18-10-4-3-5-11-18)14-8-6-12-19(22)27-20-13-7-9-15-26-20/h3-5,10-11,19-20H,2,6-9,12-17H2,1H3. The topological polar surface area (TPSA) is 54.0 Å². The fourth-order valence-corrected chi connectivity index (χ4v) is 4.07. The van der Waals surface area contributed by atoms with Gasteiger partial charge >= 0.3 is 5.97 Å². The first kappa shape index (κ1) is 20.3. The van der Waals surface area contributed by atoms with Crippen molar-refractivity contribution in [2.45, 2.75) is 70.9 Å². The average Bonchev–Trinajstić information content (AvgIpc) is 2.71. The molecule has 0 radical (unpaired) electrons. The van der Waals surface area contributed by atoms with E-state index in [9.17, 15) is 4.79 Å². The van der Waals surface area contributed by atoms with Gasteiger partial charge in [0.1, 0.15) is 5.41 Å². The normalized spacial score (nSPS) is 28.6. The molecule has 1 heterocycles. The average molecular weight is 376 g/mol. The molecule has 5 nitrogen and oxygen atoms in total. The first-order valence-corrected chi connectivity index (χ1v) is 10.3. The van der Waals surface area contributed by atoms with Crippen molar-refractivity contribution in [1.29, 1.82) is 0 Å². The number of carbonyl (C=O) groups is 1. The second-order valence-electron chi connectivity index (χ2n) is 7.52. The summed E-state index contributed by atoms with van der Waals surface area (Å²) in [5, 5.41) is 0. The summed E-state index contributed by atoms with van der Waals surface area (Å²) in [7, 11) is 0. The summed E-state index contributed by atoms with van der Waals surface area (Å²) in [6.45, 7) is 3.74. The van der Waals surface area contributed by atoms with Crippen molar-refractivity contribution in [3.63, 3.8) is 0 Å². The quantitative estimate of drug-likeness (QED) is 0.635. The molecule has 1 saturated carbocycles. The Labute approximate surface area is 162 Å². The molecule has 2 aliphatic rings. The lowest BCUT2D eigenvalue weighted by atomic mass is 9.72. The molecule has 0 spiro atoms. The van der Waals surface area contributed by atoms with Crippen molar-refractivity contribution >= 4 is 5.97 Å². The highest BCUT2D eigenvalue weighted by atomic mass is 16.7. The number of ether oxygens (including phenoxy) is 4. The van der Waals surface area contributed by atoms with Crippen LogP contribution in [0.15, 0.2) is 30.3 Å². The monoisotopic (exact) mass is 376 g/mol. The molecule has 3 unspecified atom stereocenters. The van der Waals surface area contributed by atoms with E-state index in [4.69, 9.17) is 18.9 Å². The van der Waals surface area contributed by atoms with E-state index in [2.05, 4.69) is 0 Å². The van der Waals surface area contributed by atoms with Crippen molar-refractivity contribution in [3.8, 4) is 0 Å². The van der Waals surface area contributed by atoms with Crippen molar-refractivity contribution in [2.75, 3.05) is 19.8 Å². The summed E-state index contributed by atoms with van der Waals surface area (Å²) in [5.74, 6) is -0.196. The Morgan fingerprint density at radius 2 is 1.96 bits per heavy atom. The number of esters is 1. The molecule has 5 heteroatoms. The van der Waals surface area contributed by atoms with E-state index in [0.29, 0.717) is 19.8 Å². The molecular weight excluding hydrogens is 344 g/mol. The fourth-order valence-electron chi connectivity index (χ4n) is 4.07. The molecule has 0 amide bonds. The van der Waals surface area contributed by atoms with Crippen LogP contribution < -0.4 is 0 Å². The maximum absolute atomic E-state index is 13.0. The second kappa shape index (κ2) is 10.2. The Kier molecular flexibility index (Phi) is 7.68. The molecular formula is C22H32O5. The zero-order valence-electron chi connectivity index (χ0n) is 16.4. The van der Waals surface area contributed by atoms with Crippen LogP contribution in [0, 0.1) is 5.41 Å². The summed E-state index contributed by atoms with van der Waals surface area (Å²) in [6.07, 6.45) is 6.25. The van der Waals surface area contributed by atoms with E-state index >= 15 is 0 Å². The highest BCUT2D eigenvalue weighted by Crippen LogP contribution is 2.41. The van der Waals surface area contributed by atoms with Gasteiger partial charge in [0.2, 0.25) is 0 Å². The molecule has 2 fully saturated rings. The van der Waals surface area contributed by atoms with Crippen LogP contribution in [0.2, 0.25) is 0 Å². The number of hydrogen-bond acceptors (Lipinski definition) is 5. The highest BCUT2D eigenvalue weighted by Gasteiger charge is 2.50. The lowest BCUT2D eigenvalue weighted by Gasteiger charge is -2.43. The SMILES string of the molecule is CCOC(=O)C1(COCc2ccccc2)CCCCC1OC1CCCCO1. The molecule has 0 bridgehead atoms. The summed E-state index contributed by atoms with van der Waals surface area (Å²) < 4.78 is 23.6. The second-order valence-corrected chi connectivity index (χ2v) is 7.52. The molecule has 3 atom stereocenters. The van der Waals surface area contributed by atoms with Crippen molar-refractivity contribution in [3.05, 3.63) is 35.9 Å². The third-order valence-corrected chi connectivity index (χ3v) is 5.56. The van der Waals surface area contributed by atoms with Gasteiger partial charge in [0.15, 0.2) is 6.29 Å². The van der Waals surface area contributed by atoms with E-state index in [1.165, 1.54) is 0 Å². The Morgan fingerprint density at radius 3 is 2.70 bits per heavy atom. The van der Waals surface area contributed by atoms with Gasteiger partial charge in [-0.3, -0.25) is 4.79 Å². The van der Waals surface area contributed by atoms with E-state index < -0.39 is 5.41 Å². The van der Waals surface area contributed by atoms with Gasteiger partial charge in [0.25, 0.3) is 0 Å². The molecule has 0 N–H and O–H groups in total. The van der Waals surface area contributed by atoms with Crippen molar-refractivity contribution in [1.82, 2.24) is 0 Å². The van der Waals surface area contributed by atoms with Crippen LogP contribution in [0.5, 0.6) is 0 Å². The van der Waals surface area contributed by atoms with Gasteiger partial charge in [-0.05, 0) is 44.6 Å². The van der Waals surface area contributed by atoms with Gasteiger partial charge in [-0.25, -0.2) is 0 Å². The zero-order valence-corrected chi connectivity index (χ0v) is 16.4. The van der Waals surface area contributed by atoms with Gasteiger partial charge in [-0.1, -0.05) is 43.2 Å². The minimum absolute atomic E-state index is 0.196. The van der Waals surface area contributed by atoms with Crippen LogP contribution in [0.25, 0.3) is 0 Å². The zero-order chi connectivity index (χ0) is 19.0. The van der Waals surface area contributed by atoms with E-state index in [0.717, 1.165) is 57.1 Å². The summed E-state index contributed by atoms with van der Waals surface area (Å²) in [4.78, 5) is 13.0. The number of hydrogen-bond donors (Lipinski definition) is 0. The fraction of sp³-hybridized carbons (Fsp3) is 0.682. The number of benzene rings is 1. The van der Waals surface area contributed by atoms with Crippen LogP contribution in [-0.2, 0) is 30.3 Å². The van der Waals surface area contributed by atoms with E-state index in [1.807, 2.05) is 37.3 Å². The van der Waals surface area contributed by atoms with Crippen LogP contribution in [0.4, 0.5) is 0 Å². The molecule has 1 saturated heterocycles. The third kappa shape index (κ3) is 5.31. The Balaban J connectivity index is 1.70. The number of rotatable bonds is 8. The molecule has 1 aliphatic carbocycles.